The minimum atomic E-state index is 0.719. The van der Waals surface area contributed by atoms with Crippen molar-refractivity contribution in [2.24, 2.45) is 0 Å². The molecular weight excluding hydrogens is 280 g/mol. The van der Waals surface area contributed by atoms with E-state index in [9.17, 15) is 0 Å². The number of hydrogen-bond acceptors (Lipinski definition) is 1. The van der Waals surface area contributed by atoms with Crippen LogP contribution in [0.5, 0.6) is 0 Å². The smallest absolute Gasteiger partial charge is 0.186 e. The van der Waals surface area contributed by atoms with Gasteiger partial charge in [0.2, 0.25) is 0 Å². The zero-order chi connectivity index (χ0) is 16.1. The monoisotopic (exact) mass is 299 g/mol. The third kappa shape index (κ3) is 3.64. The van der Waals surface area contributed by atoms with Gasteiger partial charge in [-0.1, -0.05) is 42.5 Å². The molecule has 0 spiro atoms. The van der Waals surface area contributed by atoms with E-state index in [1.54, 1.807) is 0 Å². The summed E-state index contributed by atoms with van der Waals surface area (Å²) in [4.78, 5) is 0. The summed E-state index contributed by atoms with van der Waals surface area (Å²) in [6.45, 7) is 2.94. The van der Waals surface area contributed by atoms with E-state index in [2.05, 4.69) is 72.3 Å². The van der Waals surface area contributed by atoms with Crippen LogP contribution in [0, 0.1) is 18.3 Å². The van der Waals surface area contributed by atoms with Crippen LogP contribution in [0.3, 0.4) is 0 Å². The number of pyridine rings is 1. The quantitative estimate of drug-likeness (QED) is 0.673. The van der Waals surface area contributed by atoms with Crippen molar-refractivity contribution in [2.45, 2.75) is 19.9 Å². The summed E-state index contributed by atoms with van der Waals surface area (Å²) in [5.74, 6) is 0. The first-order valence-corrected chi connectivity index (χ1v) is 7.77. The Morgan fingerprint density at radius 2 is 1.74 bits per heavy atom. The van der Waals surface area contributed by atoms with Crippen molar-refractivity contribution in [3.05, 3.63) is 101 Å². The highest BCUT2D eigenvalue weighted by atomic mass is 14.9. The van der Waals surface area contributed by atoms with Gasteiger partial charge in [0.05, 0.1) is 18.1 Å². The Morgan fingerprint density at radius 1 is 0.957 bits per heavy atom. The van der Waals surface area contributed by atoms with E-state index < -0.39 is 0 Å². The molecule has 2 heteroatoms. The van der Waals surface area contributed by atoms with Gasteiger partial charge in [0.15, 0.2) is 18.4 Å². The molecule has 1 heterocycles. The fourth-order valence-electron chi connectivity index (χ4n) is 2.77. The fourth-order valence-corrected chi connectivity index (χ4v) is 2.77. The molecule has 0 radical (unpaired) electrons. The first-order valence-electron chi connectivity index (χ1n) is 7.77. The van der Waals surface area contributed by atoms with Crippen LogP contribution in [-0.2, 0) is 13.0 Å². The van der Waals surface area contributed by atoms with Crippen LogP contribution in [0.2, 0.25) is 0 Å². The van der Waals surface area contributed by atoms with Crippen LogP contribution in [0.25, 0.3) is 0 Å². The normalized spacial score (nSPS) is 10.3. The van der Waals surface area contributed by atoms with Crippen molar-refractivity contribution in [1.29, 1.82) is 5.26 Å². The summed E-state index contributed by atoms with van der Waals surface area (Å²) in [6, 6.07) is 24.9. The average molecular weight is 299 g/mol. The number of hydrogen-bond donors (Lipinski definition) is 0. The zero-order valence-electron chi connectivity index (χ0n) is 13.2. The molecule has 0 N–H and O–H groups in total. The molecule has 0 bridgehead atoms. The van der Waals surface area contributed by atoms with Crippen LogP contribution < -0.4 is 4.57 Å². The minimum Gasteiger partial charge on any atom is -0.198 e. The van der Waals surface area contributed by atoms with Crippen LogP contribution >= 0.6 is 0 Å². The number of rotatable bonds is 4. The predicted octanol–water partition coefficient (Wildman–Crippen LogP) is 3.79. The third-order valence-electron chi connectivity index (χ3n) is 4.07. The lowest BCUT2D eigenvalue weighted by atomic mass is 10.0. The SMILES string of the molecule is Cc1cc(C#N)ccc1Cc1cccc[n+]1Cc1ccccc1. The molecule has 2 aromatic carbocycles. The van der Waals surface area contributed by atoms with E-state index in [0.717, 1.165) is 18.5 Å². The second-order valence-corrected chi connectivity index (χ2v) is 5.74. The highest BCUT2D eigenvalue weighted by molar-refractivity contribution is 5.38. The molecule has 3 rings (SSSR count). The van der Waals surface area contributed by atoms with Gasteiger partial charge in [0.1, 0.15) is 0 Å². The van der Waals surface area contributed by atoms with Gasteiger partial charge in [-0.2, -0.15) is 9.83 Å². The van der Waals surface area contributed by atoms with Gasteiger partial charge in [-0.3, -0.25) is 0 Å². The second-order valence-electron chi connectivity index (χ2n) is 5.74. The standard InChI is InChI=1S/C21H19N2/c1-17-13-19(15-22)10-11-20(17)14-21-9-5-6-12-23(21)16-18-7-3-2-4-8-18/h2-13H,14,16H2,1H3/q+1. The highest BCUT2D eigenvalue weighted by Gasteiger charge is 2.12. The van der Waals surface area contributed by atoms with Gasteiger partial charge in [0, 0.05) is 17.7 Å². The van der Waals surface area contributed by atoms with Crippen LogP contribution in [0.1, 0.15) is 27.9 Å². The van der Waals surface area contributed by atoms with Crippen LogP contribution in [0.15, 0.2) is 72.9 Å². The van der Waals surface area contributed by atoms with Gasteiger partial charge in [-0.25, -0.2) is 0 Å². The van der Waals surface area contributed by atoms with Gasteiger partial charge in [0.25, 0.3) is 0 Å². The average Bonchev–Trinajstić information content (AvgIpc) is 2.59. The molecule has 23 heavy (non-hydrogen) atoms. The van der Waals surface area contributed by atoms with E-state index >= 15 is 0 Å². The Labute approximate surface area is 137 Å². The molecule has 0 amide bonds. The first-order chi connectivity index (χ1) is 11.3. The molecule has 0 aliphatic heterocycles. The van der Waals surface area contributed by atoms with Crippen molar-refractivity contribution in [3.8, 4) is 6.07 Å². The third-order valence-corrected chi connectivity index (χ3v) is 4.07. The lowest BCUT2D eigenvalue weighted by molar-refractivity contribution is -0.695. The van der Waals surface area contributed by atoms with E-state index in [0.29, 0.717) is 0 Å². The number of nitrogens with zero attached hydrogens (tertiary/aromatic N) is 2. The summed E-state index contributed by atoms with van der Waals surface area (Å²) < 4.78 is 2.28. The summed E-state index contributed by atoms with van der Waals surface area (Å²) in [5.41, 5.74) is 5.71. The van der Waals surface area contributed by atoms with E-state index in [1.807, 2.05) is 18.2 Å². The Hall–Kier alpha value is -2.92. The Morgan fingerprint density at radius 3 is 2.48 bits per heavy atom. The number of nitriles is 1. The van der Waals surface area contributed by atoms with Gasteiger partial charge in [-0.15, -0.1) is 0 Å². The van der Waals surface area contributed by atoms with Crippen molar-refractivity contribution in [2.75, 3.05) is 0 Å². The molecule has 0 unspecified atom stereocenters. The molecular formula is C21H19N2+. The summed E-state index contributed by atoms with van der Waals surface area (Å²) in [5, 5.41) is 9.00. The van der Waals surface area contributed by atoms with Crippen molar-refractivity contribution in [1.82, 2.24) is 0 Å². The van der Waals surface area contributed by atoms with Crippen molar-refractivity contribution in [3.63, 3.8) is 0 Å². The highest BCUT2D eigenvalue weighted by Crippen LogP contribution is 2.14. The summed E-state index contributed by atoms with van der Waals surface area (Å²) >= 11 is 0. The van der Waals surface area contributed by atoms with Gasteiger partial charge in [-0.05, 0) is 30.2 Å². The first kappa shape index (κ1) is 15.0. The molecule has 2 nitrogen and oxygen atoms in total. The Bertz CT molecular complexity index is 845. The zero-order valence-corrected chi connectivity index (χ0v) is 13.2. The van der Waals surface area contributed by atoms with Crippen molar-refractivity contribution < 1.29 is 4.57 Å². The van der Waals surface area contributed by atoms with E-state index in [-0.39, 0.29) is 0 Å². The largest absolute Gasteiger partial charge is 0.198 e. The summed E-state index contributed by atoms with van der Waals surface area (Å²) in [6.07, 6.45) is 2.99. The number of benzene rings is 2. The van der Waals surface area contributed by atoms with E-state index in [4.69, 9.17) is 5.26 Å². The van der Waals surface area contributed by atoms with Gasteiger partial charge < -0.3 is 0 Å². The number of aryl methyl sites for hydroxylation is 1. The molecule has 0 saturated heterocycles. The summed E-state index contributed by atoms with van der Waals surface area (Å²) in [7, 11) is 0. The van der Waals surface area contributed by atoms with Crippen molar-refractivity contribution >= 4 is 0 Å². The fraction of sp³-hybridized carbons (Fsp3) is 0.143. The number of aromatic nitrogens is 1. The van der Waals surface area contributed by atoms with Crippen LogP contribution in [-0.4, -0.2) is 0 Å². The Balaban J connectivity index is 1.88. The minimum absolute atomic E-state index is 0.719. The maximum atomic E-state index is 9.00. The molecule has 0 atom stereocenters. The molecule has 0 aliphatic carbocycles. The molecule has 1 aromatic heterocycles. The maximum Gasteiger partial charge on any atom is 0.186 e. The van der Waals surface area contributed by atoms with E-state index in [1.165, 1.54) is 22.4 Å². The molecule has 112 valence electrons. The lowest BCUT2D eigenvalue weighted by Gasteiger charge is -2.07. The molecule has 0 saturated carbocycles. The molecule has 0 fully saturated rings. The van der Waals surface area contributed by atoms with Crippen LogP contribution in [0.4, 0.5) is 0 Å². The van der Waals surface area contributed by atoms with Gasteiger partial charge >= 0.3 is 0 Å². The molecule has 3 aromatic rings. The molecule has 0 aliphatic rings. The predicted molar refractivity (Wildman–Crippen MR) is 90.9 cm³/mol. The maximum absolute atomic E-state index is 9.00. The Kier molecular flexibility index (Phi) is 4.49. The second kappa shape index (κ2) is 6.89. The topological polar surface area (TPSA) is 27.7 Å². The lowest BCUT2D eigenvalue weighted by Crippen LogP contribution is -2.38.